The molecule has 2 rings (SSSR count). The topological polar surface area (TPSA) is 78.9 Å². The molecule has 0 bridgehead atoms. The SMILES string of the molecule is CCNC(=O)CNc1nc(C2CC2)nc(NCC)c1C. The molecule has 0 aromatic carbocycles. The first kappa shape index (κ1) is 14.6. The lowest BCUT2D eigenvalue weighted by atomic mass is 10.2. The van der Waals surface area contributed by atoms with Crippen molar-refractivity contribution >= 4 is 17.5 Å². The van der Waals surface area contributed by atoms with E-state index in [1.165, 1.54) is 0 Å². The molecule has 0 atom stereocenters. The molecule has 0 spiro atoms. The van der Waals surface area contributed by atoms with Crippen LogP contribution in [-0.2, 0) is 4.79 Å². The number of hydrogen-bond acceptors (Lipinski definition) is 5. The highest BCUT2D eigenvalue weighted by Crippen LogP contribution is 2.39. The molecule has 20 heavy (non-hydrogen) atoms. The smallest absolute Gasteiger partial charge is 0.239 e. The molecule has 0 aliphatic heterocycles. The van der Waals surface area contributed by atoms with E-state index in [1.54, 1.807) is 0 Å². The monoisotopic (exact) mass is 277 g/mol. The Labute approximate surface area is 119 Å². The minimum atomic E-state index is -0.0246. The molecule has 0 unspecified atom stereocenters. The van der Waals surface area contributed by atoms with Gasteiger partial charge in [0.15, 0.2) is 0 Å². The minimum absolute atomic E-state index is 0.0246. The second-order valence-electron chi connectivity index (χ2n) is 5.02. The predicted molar refractivity (Wildman–Crippen MR) is 80.1 cm³/mol. The summed E-state index contributed by atoms with van der Waals surface area (Å²) in [5, 5.41) is 9.14. The highest BCUT2D eigenvalue weighted by molar-refractivity contribution is 5.80. The zero-order valence-electron chi connectivity index (χ0n) is 12.4. The van der Waals surface area contributed by atoms with Gasteiger partial charge in [-0.2, -0.15) is 0 Å². The van der Waals surface area contributed by atoms with E-state index in [0.29, 0.717) is 12.5 Å². The van der Waals surface area contributed by atoms with Crippen LogP contribution in [0.5, 0.6) is 0 Å². The van der Waals surface area contributed by atoms with Crippen molar-refractivity contribution in [3.05, 3.63) is 11.4 Å². The quantitative estimate of drug-likeness (QED) is 0.706. The van der Waals surface area contributed by atoms with Gasteiger partial charge in [-0.3, -0.25) is 4.79 Å². The highest BCUT2D eigenvalue weighted by atomic mass is 16.1. The second-order valence-corrected chi connectivity index (χ2v) is 5.02. The number of rotatable bonds is 7. The van der Waals surface area contributed by atoms with Gasteiger partial charge < -0.3 is 16.0 Å². The van der Waals surface area contributed by atoms with Crippen molar-refractivity contribution < 1.29 is 4.79 Å². The second kappa shape index (κ2) is 6.54. The van der Waals surface area contributed by atoms with E-state index in [1.807, 2.05) is 20.8 Å². The van der Waals surface area contributed by atoms with Crippen LogP contribution in [0.1, 0.15) is 44.0 Å². The molecule has 1 heterocycles. The van der Waals surface area contributed by atoms with E-state index in [2.05, 4.69) is 25.9 Å². The van der Waals surface area contributed by atoms with E-state index in [4.69, 9.17) is 0 Å². The van der Waals surface area contributed by atoms with E-state index in [9.17, 15) is 4.79 Å². The normalized spacial score (nSPS) is 13.9. The zero-order chi connectivity index (χ0) is 14.5. The molecule has 1 aliphatic rings. The van der Waals surface area contributed by atoms with Gasteiger partial charge in [0.05, 0.1) is 6.54 Å². The lowest BCUT2D eigenvalue weighted by molar-refractivity contribution is -0.119. The van der Waals surface area contributed by atoms with Gasteiger partial charge in [0.1, 0.15) is 17.5 Å². The van der Waals surface area contributed by atoms with Crippen LogP contribution in [0.15, 0.2) is 0 Å². The fourth-order valence-electron chi connectivity index (χ4n) is 1.99. The average Bonchev–Trinajstić information content (AvgIpc) is 3.24. The Hall–Kier alpha value is -1.85. The van der Waals surface area contributed by atoms with Crippen molar-refractivity contribution in [3.63, 3.8) is 0 Å². The van der Waals surface area contributed by atoms with Gasteiger partial charge in [-0.1, -0.05) is 0 Å². The molecular formula is C14H23N5O. The summed E-state index contributed by atoms with van der Waals surface area (Å²) in [6, 6.07) is 0. The van der Waals surface area contributed by atoms with Crippen molar-refractivity contribution in [2.24, 2.45) is 0 Å². The largest absolute Gasteiger partial charge is 0.370 e. The third-order valence-corrected chi connectivity index (χ3v) is 3.24. The van der Waals surface area contributed by atoms with Gasteiger partial charge in [0, 0.05) is 24.6 Å². The Kier molecular flexibility index (Phi) is 4.76. The van der Waals surface area contributed by atoms with Gasteiger partial charge in [-0.25, -0.2) is 9.97 Å². The predicted octanol–water partition coefficient (Wildman–Crippen LogP) is 1.64. The number of likely N-dealkylation sites (N-methyl/N-ethyl adjacent to an activating group) is 1. The van der Waals surface area contributed by atoms with Gasteiger partial charge in [0.2, 0.25) is 5.91 Å². The van der Waals surface area contributed by atoms with Crippen molar-refractivity contribution in [2.75, 3.05) is 30.3 Å². The van der Waals surface area contributed by atoms with Crippen LogP contribution in [0.25, 0.3) is 0 Å². The van der Waals surface area contributed by atoms with Crippen LogP contribution in [0.2, 0.25) is 0 Å². The molecule has 1 fully saturated rings. The fourth-order valence-corrected chi connectivity index (χ4v) is 1.99. The summed E-state index contributed by atoms with van der Waals surface area (Å²) in [6.07, 6.45) is 2.31. The molecule has 110 valence electrons. The molecule has 0 radical (unpaired) electrons. The Morgan fingerprint density at radius 2 is 1.80 bits per heavy atom. The lowest BCUT2D eigenvalue weighted by Crippen LogP contribution is -2.30. The van der Waals surface area contributed by atoms with E-state index < -0.39 is 0 Å². The minimum Gasteiger partial charge on any atom is -0.370 e. The Bertz CT molecular complexity index is 485. The van der Waals surface area contributed by atoms with Crippen LogP contribution in [-0.4, -0.2) is 35.5 Å². The van der Waals surface area contributed by atoms with Crippen LogP contribution in [0.4, 0.5) is 11.6 Å². The Morgan fingerprint density at radius 3 is 2.35 bits per heavy atom. The maximum atomic E-state index is 11.5. The summed E-state index contributed by atoms with van der Waals surface area (Å²) in [4.78, 5) is 20.7. The van der Waals surface area contributed by atoms with Crippen LogP contribution in [0, 0.1) is 6.92 Å². The first-order chi connectivity index (χ1) is 9.65. The van der Waals surface area contributed by atoms with Gasteiger partial charge in [-0.05, 0) is 33.6 Å². The summed E-state index contributed by atoms with van der Waals surface area (Å²) in [5.74, 6) is 2.96. The third kappa shape index (κ3) is 3.59. The van der Waals surface area contributed by atoms with Crippen LogP contribution >= 0.6 is 0 Å². The molecule has 0 saturated heterocycles. The van der Waals surface area contributed by atoms with E-state index >= 15 is 0 Å². The number of aromatic nitrogens is 2. The molecule has 1 amide bonds. The van der Waals surface area contributed by atoms with Gasteiger partial charge >= 0.3 is 0 Å². The van der Waals surface area contributed by atoms with E-state index in [-0.39, 0.29) is 12.5 Å². The number of anilines is 2. The number of carbonyl (C=O) groups excluding carboxylic acids is 1. The van der Waals surface area contributed by atoms with Crippen LogP contribution < -0.4 is 16.0 Å². The first-order valence-corrected chi connectivity index (χ1v) is 7.28. The molecule has 1 aromatic heterocycles. The van der Waals surface area contributed by atoms with Crippen molar-refractivity contribution in [1.82, 2.24) is 15.3 Å². The van der Waals surface area contributed by atoms with Gasteiger partial charge in [0.25, 0.3) is 0 Å². The number of nitrogens with zero attached hydrogens (tertiary/aromatic N) is 2. The third-order valence-electron chi connectivity index (χ3n) is 3.24. The molecule has 1 saturated carbocycles. The summed E-state index contributed by atoms with van der Waals surface area (Å²) in [5.41, 5.74) is 0.959. The fraction of sp³-hybridized carbons (Fsp3) is 0.643. The first-order valence-electron chi connectivity index (χ1n) is 7.28. The molecular weight excluding hydrogens is 254 g/mol. The van der Waals surface area contributed by atoms with Crippen molar-refractivity contribution in [3.8, 4) is 0 Å². The number of hydrogen-bond donors (Lipinski definition) is 3. The Balaban J connectivity index is 2.14. The summed E-state index contributed by atoms with van der Waals surface area (Å²) < 4.78 is 0. The molecule has 6 heteroatoms. The Morgan fingerprint density at radius 1 is 1.15 bits per heavy atom. The van der Waals surface area contributed by atoms with Crippen molar-refractivity contribution in [2.45, 2.75) is 39.5 Å². The lowest BCUT2D eigenvalue weighted by Gasteiger charge is -2.14. The highest BCUT2D eigenvalue weighted by Gasteiger charge is 2.28. The summed E-state index contributed by atoms with van der Waals surface area (Å²) in [7, 11) is 0. The number of amides is 1. The molecule has 1 aromatic rings. The maximum absolute atomic E-state index is 11.5. The standard InChI is InChI=1S/C14H23N5O/c1-4-15-11(20)8-17-13-9(3)12(16-5-2)18-14(19-13)10-6-7-10/h10H,4-8H2,1-3H3,(H,15,20)(H2,16,17,18,19). The van der Waals surface area contributed by atoms with E-state index in [0.717, 1.165) is 42.4 Å². The summed E-state index contributed by atoms with van der Waals surface area (Å²) >= 11 is 0. The maximum Gasteiger partial charge on any atom is 0.239 e. The summed E-state index contributed by atoms with van der Waals surface area (Å²) in [6.45, 7) is 7.61. The zero-order valence-corrected chi connectivity index (χ0v) is 12.4. The number of carbonyl (C=O) groups is 1. The molecule has 3 N–H and O–H groups in total. The van der Waals surface area contributed by atoms with Crippen LogP contribution in [0.3, 0.4) is 0 Å². The number of nitrogens with one attached hydrogen (secondary N) is 3. The average molecular weight is 277 g/mol. The van der Waals surface area contributed by atoms with Crippen molar-refractivity contribution in [1.29, 1.82) is 0 Å². The molecule has 6 nitrogen and oxygen atoms in total. The molecule has 1 aliphatic carbocycles. The van der Waals surface area contributed by atoms with Gasteiger partial charge in [-0.15, -0.1) is 0 Å².